The summed E-state index contributed by atoms with van der Waals surface area (Å²) in [5.74, 6) is 0.398. The number of hydrogen-bond donors (Lipinski definition) is 2. The van der Waals surface area contributed by atoms with Gasteiger partial charge in [-0.15, -0.1) is 11.3 Å². The molecule has 4 nitrogen and oxygen atoms in total. The normalized spacial score (nSPS) is 10.3. The molecule has 5 heteroatoms. The predicted octanol–water partition coefficient (Wildman–Crippen LogP) is 2.85. The van der Waals surface area contributed by atoms with Crippen LogP contribution in [0.5, 0.6) is 0 Å². The Labute approximate surface area is 110 Å². The van der Waals surface area contributed by atoms with Crippen LogP contribution in [0.3, 0.4) is 0 Å². The van der Waals surface area contributed by atoms with Crippen molar-refractivity contribution in [3.63, 3.8) is 0 Å². The Balaban J connectivity index is 2.13. The van der Waals surface area contributed by atoms with E-state index in [1.807, 2.05) is 19.1 Å². The first kappa shape index (κ1) is 12.6. The maximum absolute atomic E-state index is 12.0. The zero-order valence-corrected chi connectivity index (χ0v) is 11.2. The molecule has 0 saturated heterocycles. The molecule has 1 amide bonds. The minimum atomic E-state index is -0.128. The van der Waals surface area contributed by atoms with Crippen LogP contribution >= 0.6 is 11.3 Å². The fourth-order valence-corrected chi connectivity index (χ4v) is 2.35. The first-order valence-electron chi connectivity index (χ1n) is 5.72. The number of aromatic nitrogens is 1. The number of carbonyl (C=O) groups excluding carboxylic acids is 1. The summed E-state index contributed by atoms with van der Waals surface area (Å²) in [5.41, 5.74) is 7.20. The number of carbonyl (C=O) groups is 1. The summed E-state index contributed by atoms with van der Waals surface area (Å²) in [7, 11) is 0. The molecule has 2 rings (SSSR count). The monoisotopic (exact) mass is 261 g/mol. The Hall–Kier alpha value is -1.88. The van der Waals surface area contributed by atoms with Crippen LogP contribution in [0, 0.1) is 6.92 Å². The van der Waals surface area contributed by atoms with Crippen LogP contribution in [0.25, 0.3) is 0 Å². The summed E-state index contributed by atoms with van der Waals surface area (Å²) in [4.78, 5) is 17.9. The number of aryl methyl sites for hydroxylation is 2. The number of nitrogens with two attached hydrogens (primary N) is 1. The van der Waals surface area contributed by atoms with E-state index >= 15 is 0 Å². The largest absolute Gasteiger partial charge is 0.397 e. The van der Waals surface area contributed by atoms with Gasteiger partial charge in [0.25, 0.3) is 5.91 Å². The molecule has 2 aromatic rings. The standard InChI is InChI=1S/C13H15N3OS/c1-3-9-4-5-11(18-9)13(17)16-12-6-8(2)10(14)7-15-12/h4-7H,3,14H2,1-2H3,(H,15,16,17). The lowest BCUT2D eigenvalue weighted by molar-refractivity contribution is 0.103. The Kier molecular flexibility index (Phi) is 3.62. The number of anilines is 2. The number of nitrogens with zero attached hydrogens (tertiary/aromatic N) is 1. The highest BCUT2D eigenvalue weighted by Gasteiger charge is 2.10. The second kappa shape index (κ2) is 5.18. The molecular weight excluding hydrogens is 246 g/mol. The molecule has 0 atom stereocenters. The van der Waals surface area contributed by atoms with E-state index in [1.165, 1.54) is 16.2 Å². The molecule has 0 bridgehead atoms. The van der Waals surface area contributed by atoms with Crippen molar-refractivity contribution in [1.82, 2.24) is 4.98 Å². The third-order valence-electron chi connectivity index (χ3n) is 2.63. The number of thiophene rings is 1. The molecule has 0 fully saturated rings. The van der Waals surface area contributed by atoms with E-state index in [-0.39, 0.29) is 5.91 Å². The molecule has 3 N–H and O–H groups in total. The first-order valence-corrected chi connectivity index (χ1v) is 6.54. The molecule has 0 radical (unpaired) electrons. The lowest BCUT2D eigenvalue weighted by Crippen LogP contribution is -2.11. The van der Waals surface area contributed by atoms with Crippen molar-refractivity contribution in [1.29, 1.82) is 0 Å². The fraction of sp³-hybridized carbons (Fsp3) is 0.231. The van der Waals surface area contributed by atoms with E-state index in [4.69, 9.17) is 5.73 Å². The summed E-state index contributed by atoms with van der Waals surface area (Å²) in [5, 5.41) is 2.77. The molecular formula is C13H15N3OS. The molecule has 0 saturated carbocycles. The number of hydrogen-bond acceptors (Lipinski definition) is 4. The molecule has 2 heterocycles. The molecule has 0 aliphatic heterocycles. The fourth-order valence-electron chi connectivity index (χ4n) is 1.50. The van der Waals surface area contributed by atoms with Gasteiger partial charge >= 0.3 is 0 Å². The van der Waals surface area contributed by atoms with Crippen LogP contribution in [0.15, 0.2) is 24.4 Å². The van der Waals surface area contributed by atoms with Gasteiger partial charge in [-0.2, -0.15) is 0 Å². The van der Waals surface area contributed by atoms with Gasteiger partial charge in [-0.25, -0.2) is 4.98 Å². The number of nitrogens with one attached hydrogen (secondary N) is 1. The second-order valence-corrected chi connectivity index (χ2v) is 5.17. The SMILES string of the molecule is CCc1ccc(C(=O)Nc2cc(C)c(N)cn2)s1. The van der Waals surface area contributed by atoms with Crippen molar-refractivity contribution in [2.45, 2.75) is 20.3 Å². The predicted molar refractivity (Wildman–Crippen MR) is 75.0 cm³/mol. The zero-order valence-electron chi connectivity index (χ0n) is 10.4. The van der Waals surface area contributed by atoms with Crippen LogP contribution in [-0.2, 0) is 6.42 Å². The smallest absolute Gasteiger partial charge is 0.266 e. The lowest BCUT2D eigenvalue weighted by atomic mass is 10.2. The van der Waals surface area contributed by atoms with Crippen LogP contribution in [-0.4, -0.2) is 10.9 Å². The number of amides is 1. The Bertz CT molecular complexity index is 577. The highest BCUT2D eigenvalue weighted by molar-refractivity contribution is 7.14. The number of rotatable bonds is 3. The molecule has 0 aromatic carbocycles. The topological polar surface area (TPSA) is 68.0 Å². The van der Waals surface area contributed by atoms with Gasteiger partial charge in [0.2, 0.25) is 0 Å². The van der Waals surface area contributed by atoms with Crippen molar-refractivity contribution >= 4 is 28.7 Å². The minimum absolute atomic E-state index is 0.128. The van der Waals surface area contributed by atoms with Gasteiger partial charge in [0.15, 0.2) is 0 Å². The van der Waals surface area contributed by atoms with Gasteiger partial charge in [0.05, 0.1) is 16.8 Å². The summed E-state index contributed by atoms with van der Waals surface area (Å²) in [6, 6.07) is 5.58. The third kappa shape index (κ3) is 2.68. The van der Waals surface area contributed by atoms with E-state index in [1.54, 1.807) is 12.3 Å². The molecule has 0 unspecified atom stereocenters. The van der Waals surface area contributed by atoms with E-state index in [9.17, 15) is 4.79 Å². The van der Waals surface area contributed by atoms with Crippen molar-refractivity contribution in [3.8, 4) is 0 Å². The summed E-state index contributed by atoms with van der Waals surface area (Å²) < 4.78 is 0. The first-order chi connectivity index (χ1) is 8.60. The van der Waals surface area contributed by atoms with Gasteiger partial charge in [0.1, 0.15) is 5.82 Å². The van der Waals surface area contributed by atoms with Gasteiger partial charge in [-0.05, 0) is 37.1 Å². The maximum Gasteiger partial charge on any atom is 0.266 e. The van der Waals surface area contributed by atoms with Gasteiger partial charge in [-0.1, -0.05) is 6.92 Å². The Morgan fingerprint density at radius 2 is 2.28 bits per heavy atom. The van der Waals surface area contributed by atoms with E-state index in [0.717, 1.165) is 12.0 Å². The van der Waals surface area contributed by atoms with E-state index in [2.05, 4.69) is 17.2 Å². The summed E-state index contributed by atoms with van der Waals surface area (Å²) in [6.07, 6.45) is 2.49. The van der Waals surface area contributed by atoms with Crippen LogP contribution in [0.1, 0.15) is 27.0 Å². The summed E-state index contributed by atoms with van der Waals surface area (Å²) >= 11 is 1.50. The van der Waals surface area contributed by atoms with Gasteiger partial charge < -0.3 is 11.1 Å². The van der Waals surface area contributed by atoms with Crippen LogP contribution < -0.4 is 11.1 Å². The zero-order chi connectivity index (χ0) is 13.1. The number of nitrogen functional groups attached to an aromatic ring is 1. The Morgan fingerprint density at radius 3 is 2.89 bits per heavy atom. The van der Waals surface area contributed by atoms with Crippen molar-refractivity contribution in [2.24, 2.45) is 0 Å². The van der Waals surface area contributed by atoms with Crippen LogP contribution in [0.4, 0.5) is 11.5 Å². The lowest BCUT2D eigenvalue weighted by Gasteiger charge is -2.05. The molecule has 0 aliphatic rings. The second-order valence-electron chi connectivity index (χ2n) is 4.00. The highest BCUT2D eigenvalue weighted by atomic mass is 32.1. The van der Waals surface area contributed by atoms with Crippen molar-refractivity contribution in [2.75, 3.05) is 11.1 Å². The Morgan fingerprint density at radius 1 is 1.50 bits per heavy atom. The van der Waals surface area contributed by atoms with Crippen LogP contribution in [0.2, 0.25) is 0 Å². The van der Waals surface area contributed by atoms with Gasteiger partial charge in [0, 0.05) is 4.88 Å². The molecule has 0 spiro atoms. The average Bonchev–Trinajstić information content (AvgIpc) is 2.82. The van der Waals surface area contributed by atoms with E-state index < -0.39 is 0 Å². The van der Waals surface area contributed by atoms with Crippen molar-refractivity contribution < 1.29 is 4.79 Å². The van der Waals surface area contributed by atoms with E-state index in [0.29, 0.717) is 16.4 Å². The molecule has 94 valence electrons. The third-order valence-corrected chi connectivity index (χ3v) is 3.86. The summed E-state index contributed by atoms with van der Waals surface area (Å²) in [6.45, 7) is 3.95. The number of pyridine rings is 1. The quantitative estimate of drug-likeness (QED) is 0.892. The molecule has 0 aliphatic carbocycles. The van der Waals surface area contributed by atoms with Crippen molar-refractivity contribution in [3.05, 3.63) is 39.7 Å². The molecule has 2 aromatic heterocycles. The maximum atomic E-state index is 12.0. The van der Waals surface area contributed by atoms with Gasteiger partial charge in [-0.3, -0.25) is 4.79 Å². The average molecular weight is 261 g/mol. The minimum Gasteiger partial charge on any atom is -0.397 e. The highest BCUT2D eigenvalue weighted by Crippen LogP contribution is 2.19. The molecule has 18 heavy (non-hydrogen) atoms.